The van der Waals surface area contributed by atoms with E-state index in [0.717, 1.165) is 25.9 Å². The standard InChI is InChI=1S/C14H20N4O2/c1-17(2)14(20)11-5-6-12(15-9-11)16-10-13(19)18-7-3-4-8-18/h5-6,9H,3-4,7-8,10H2,1-2H3,(H,15,16). The van der Waals surface area contributed by atoms with Crippen LogP contribution in [0.2, 0.25) is 0 Å². The Morgan fingerprint density at radius 1 is 1.30 bits per heavy atom. The zero-order chi connectivity index (χ0) is 14.5. The summed E-state index contributed by atoms with van der Waals surface area (Å²) in [4.78, 5) is 31.1. The second-order valence-electron chi connectivity index (χ2n) is 5.07. The van der Waals surface area contributed by atoms with Gasteiger partial charge in [-0.15, -0.1) is 0 Å². The quantitative estimate of drug-likeness (QED) is 0.884. The number of pyridine rings is 1. The van der Waals surface area contributed by atoms with Crippen LogP contribution in [-0.4, -0.2) is 60.3 Å². The molecule has 1 aromatic rings. The van der Waals surface area contributed by atoms with Gasteiger partial charge in [0, 0.05) is 33.4 Å². The first-order valence-corrected chi connectivity index (χ1v) is 6.77. The van der Waals surface area contributed by atoms with Gasteiger partial charge in [-0.05, 0) is 25.0 Å². The molecule has 0 spiro atoms. The lowest BCUT2D eigenvalue weighted by atomic mass is 10.2. The van der Waals surface area contributed by atoms with Gasteiger partial charge in [0.25, 0.3) is 5.91 Å². The van der Waals surface area contributed by atoms with E-state index in [4.69, 9.17) is 0 Å². The Kier molecular flexibility index (Phi) is 4.55. The summed E-state index contributed by atoms with van der Waals surface area (Å²) in [6.45, 7) is 1.95. The van der Waals surface area contributed by atoms with E-state index in [1.54, 1.807) is 26.2 Å². The molecule has 6 heteroatoms. The molecule has 0 saturated carbocycles. The van der Waals surface area contributed by atoms with Gasteiger partial charge in [0.2, 0.25) is 5.91 Å². The minimum Gasteiger partial charge on any atom is -0.361 e. The summed E-state index contributed by atoms with van der Waals surface area (Å²) >= 11 is 0. The summed E-state index contributed by atoms with van der Waals surface area (Å²) in [5, 5.41) is 2.99. The first-order chi connectivity index (χ1) is 9.58. The van der Waals surface area contributed by atoms with Crippen molar-refractivity contribution < 1.29 is 9.59 Å². The number of hydrogen-bond acceptors (Lipinski definition) is 4. The fraction of sp³-hybridized carbons (Fsp3) is 0.500. The van der Waals surface area contributed by atoms with Crippen molar-refractivity contribution in [2.24, 2.45) is 0 Å². The van der Waals surface area contributed by atoms with Crippen molar-refractivity contribution in [1.29, 1.82) is 0 Å². The summed E-state index contributed by atoms with van der Waals surface area (Å²) in [5.74, 6) is 0.614. The van der Waals surface area contributed by atoms with Crippen molar-refractivity contribution in [3.8, 4) is 0 Å². The lowest BCUT2D eigenvalue weighted by Gasteiger charge is -2.15. The van der Waals surface area contributed by atoms with E-state index >= 15 is 0 Å². The molecule has 108 valence electrons. The Hall–Kier alpha value is -2.11. The van der Waals surface area contributed by atoms with E-state index in [0.29, 0.717) is 11.4 Å². The summed E-state index contributed by atoms with van der Waals surface area (Å²) in [6, 6.07) is 3.42. The van der Waals surface area contributed by atoms with Crippen LogP contribution in [-0.2, 0) is 4.79 Å². The summed E-state index contributed by atoms with van der Waals surface area (Å²) < 4.78 is 0. The van der Waals surface area contributed by atoms with Crippen LogP contribution in [0.4, 0.5) is 5.82 Å². The van der Waals surface area contributed by atoms with Gasteiger partial charge in [-0.1, -0.05) is 0 Å². The van der Waals surface area contributed by atoms with Crippen LogP contribution in [0.3, 0.4) is 0 Å². The van der Waals surface area contributed by atoms with Gasteiger partial charge in [0.05, 0.1) is 12.1 Å². The minimum atomic E-state index is -0.0859. The van der Waals surface area contributed by atoms with Crippen molar-refractivity contribution in [1.82, 2.24) is 14.8 Å². The van der Waals surface area contributed by atoms with Crippen molar-refractivity contribution in [3.05, 3.63) is 23.9 Å². The Labute approximate surface area is 118 Å². The molecule has 6 nitrogen and oxygen atoms in total. The van der Waals surface area contributed by atoms with Crippen LogP contribution in [0, 0.1) is 0 Å². The summed E-state index contributed by atoms with van der Waals surface area (Å²) in [5.41, 5.74) is 0.534. The third-order valence-corrected chi connectivity index (χ3v) is 3.30. The van der Waals surface area contributed by atoms with E-state index in [2.05, 4.69) is 10.3 Å². The molecule has 1 fully saturated rings. The zero-order valence-electron chi connectivity index (χ0n) is 11.9. The summed E-state index contributed by atoms with van der Waals surface area (Å²) in [7, 11) is 3.40. The molecule has 0 bridgehead atoms. The van der Waals surface area contributed by atoms with E-state index in [1.165, 1.54) is 11.1 Å². The van der Waals surface area contributed by atoms with Crippen molar-refractivity contribution in [3.63, 3.8) is 0 Å². The highest BCUT2D eigenvalue weighted by Crippen LogP contribution is 2.09. The molecule has 20 heavy (non-hydrogen) atoms. The van der Waals surface area contributed by atoms with Crippen molar-refractivity contribution in [2.45, 2.75) is 12.8 Å². The highest BCUT2D eigenvalue weighted by atomic mass is 16.2. The molecule has 1 aliphatic heterocycles. The van der Waals surface area contributed by atoms with Crippen LogP contribution >= 0.6 is 0 Å². The molecule has 2 rings (SSSR count). The normalized spacial score (nSPS) is 14.2. The molecule has 1 aliphatic rings. The number of carbonyl (C=O) groups excluding carboxylic acids is 2. The van der Waals surface area contributed by atoms with Crippen molar-refractivity contribution >= 4 is 17.6 Å². The van der Waals surface area contributed by atoms with Gasteiger partial charge in [-0.2, -0.15) is 0 Å². The number of hydrogen-bond donors (Lipinski definition) is 1. The Morgan fingerprint density at radius 3 is 2.55 bits per heavy atom. The molecule has 1 saturated heterocycles. The topological polar surface area (TPSA) is 65.5 Å². The molecule has 0 aromatic carbocycles. The number of rotatable bonds is 4. The minimum absolute atomic E-state index is 0.0859. The lowest BCUT2D eigenvalue weighted by Crippen LogP contribution is -2.33. The molecule has 2 amide bonds. The average Bonchev–Trinajstić information content (AvgIpc) is 2.98. The Balaban J connectivity index is 1.87. The molecule has 0 radical (unpaired) electrons. The van der Waals surface area contributed by atoms with E-state index < -0.39 is 0 Å². The van der Waals surface area contributed by atoms with E-state index in [9.17, 15) is 9.59 Å². The molecule has 1 aromatic heterocycles. The first kappa shape index (κ1) is 14.3. The van der Waals surface area contributed by atoms with Crippen molar-refractivity contribution in [2.75, 3.05) is 39.0 Å². The van der Waals surface area contributed by atoms with Gasteiger partial charge in [-0.25, -0.2) is 4.98 Å². The number of nitrogens with zero attached hydrogens (tertiary/aromatic N) is 3. The number of carbonyl (C=O) groups is 2. The molecule has 0 unspecified atom stereocenters. The maximum atomic E-state index is 11.9. The fourth-order valence-electron chi connectivity index (χ4n) is 2.13. The van der Waals surface area contributed by atoms with Crippen LogP contribution in [0.25, 0.3) is 0 Å². The predicted molar refractivity (Wildman–Crippen MR) is 76.6 cm³/mol. The fourth-order valence-corrected chi connectivity index (χ4v) is 2.13. The summed E-state index contributed by atoms with van der Waals surface area (Å²) in [6.07, 6.45) is 3.70. The third kappa shape index (κ3) is 3.46. The highest BCUT2D eigenvalue weighted by Gasteiger charge is 2.17. The molecule has 0 aliphatic carbocycles. The average molecular weight is 276 g/mol. The van der Waals surface area contributed by atoms with Gasteiger partial charge in [-0.3, -0.25) is 9.59 Å². The second-order valence-corrected chi connectivity index (χ2v) is 5.07. The van der Waals surface area contributed by atoms with E-state index in [-0.39, 0.29) is 18.4 Å². The zero-order valence-corrected chi connectivity index (χ0v) is 11.9. The van der Waals surface area contributed by atoms with Gasteiger partial charge >= 0.3 is 0 Å². The molecule has 2 heterocycles. The van der Waals surface area contributed by atoms with Crippen LogP contribution in [0.15, 0.2) is 18.3 Å². The number of aromatic nitrogens is 1. The van der Waals surface area contributed by atoms with Gasteiger partial charge in [0.1, 0.15) is 5.82 Å². The highest BCUT2D eigenvalue weighted by molar-refractivity contribution is 5.93. The maximum Gasteiger partial charge on any atom is 0.254 e. The maximum absolute atomic E-state index is 11.9. The largest absolute Gasteiger partial charge is 0.361 e. The predicted octanol–water partition coefficient (Wildman–Crippen LogP) is 0.818. The molecule has 1 N–H and O–H groups in total. The van der Waals surface area contributed by atoms with Gasteiger partial charge in [0.15, 0.2) is 0 Å². The number of anilines is 1. The number of likely N-dealkylation sites (tertiary alicyclic amines) is 1. The third-order valence-electron chi connectivity index (χ3n) is 3.30. The monoisotopic (exact) mass is 276 g/mol. The number of amides is 2. The van der Waals surface area contributed by atoms with Crippen LogP contribution in [0.1, 0.15) is 23.2 Å². The van der Waals surface area contributed by atoms with Crippen LogP contribution < -0.4 is 5.32 Å². The Morgan fingerprint density at radius 2 is 2.00 bits per heavy atom. The molecule has 0 atom stereocenters. The number of nitrogens with one attached hydrogen (secondary N) is 1. The first-order valence-electron chi connectivity index (χ1n) is 6.77. The van der Waals surface area contributed by atoms with E-state index in [1.807, 2.05) is 4.90 Å². The molecular weight excluding hydrogens is 256 g/mol. The lowest BCUT2D eigenvalue weighted by molar-refractivity contribution is -0.128. The Bertz CT molecular complexity index is 478. The van der Waals surface area contributed by atoms with Gasteiger partial charge < -0.3 is 15.1 Å². The molecular formula is C14H20N4O2. The SMILES string of the molecule is CN(C)C(=O)c1ccc(NCC(=O)N2CCCC2)nc1. The van der Waals surface area contributed by atoms with Crippen LogP contribution in [0.5, 0.6) is 0 Å². The smallest absolute Gasteiger partial charge is 0.254 e. The second kappa shape index (κ2) is 6.36.